The van der Waals surface area contributed by atoms with Crippen LogP contribution >= 0.6 is 0 Å². The van der Waals surface area contributed by atoms with Gasteiger partial charge in [0.2, 0.25) is 5.79 Å². The smallest absolute Gasteiger partial charge is 0.209 e. The Kier molecular flexibility index (Phi) is 4.25. The van der Waals surface area contributed by atoms with Crippen LogP contribution in [0, 0.1) is 0 Å². The van der Waals surface area contributed by atoms with Crippen LogP contribution in [-0.4, -0.2) is 44.3 Å². The Morgan fingerprint density at radius 1 is 1.37 bits per heavy atom. The number of hydrogen-bond donors (Lipinski definition) is 1. The Morgan fingerprint density at radius 3 is 2.58 bits per heavy atom. The van der Waals surface area contributed by atoms with Crippen LogP contribution in [-0.2, 0) is 25.1 Å². The second kappa shape index (κ2) is 5.58. The van der Waals surface area contributed by atoms with Gasteiger partial charge in [-0.05, 0) is 0 Å². The molecule has 0 spiro atoms. The van der Waals surface area contributed by atoms with Gasteiger partial charge in [-0.15, -0.1) is 0 Å². The molecule has 1 heterocycles. The highest BCUT2D eigenvalue weighted by atomic mass is 32.2. The zero-order valence-electron chi connectivity index (χ0n) is 10.8. The molecule has 1 N–H and O–H groups in total. The highest BCUT2D eigenvalue weighted by Gasteiger charge is 2.46. The fraction of sp³-hybridized carbons (Fsp3) is 0.538. The van der Waals surface area contributed by atoms with Crippen LogP contribution in [0.25, 0.3) is 0 Å². The van der Waals surface area contributed by atoms with Gasteiger partial charge in [0.05, 0.1) is 13.2 Å². The third kappa shape index (κ3) is 3.14. The van der Waals surface area contributed by atoms with Crippen molar-refractivity contribution in [3.05, 3.63) is 35.9 Å². The minimum absolute atomic E-state index is 0.0259. The zero-order valence-corrected chi connectivity index (χ0v) is 11.6. The van der Waals surface area contributed by atoms with Gasteiger partial charge in [-0.2, -0.15) is 0 Å². The van der Waals surface area contributed by atoms with E-state index >= 15 is 0 Å². The van der Waals surface area contributed by atoms with E-state index in [0.29, 0.717) is 5.56 Å². The van der Waals surface area contributed by atoms with E-state index in [0.717, 1.165) is 0 Å². The molecule has 0 unspecified atom stereocenters. The van der Waals surface area contributed by atoms with E-state index in [-0.39, 0.29) is 24.7 Å². The number of ether oxygens (including phenoxy) is 2. The molecule has 0 radical (unpaired) electrons. The van der Waals surface area contributed by atoms with Gasteiger partial charge in [-0.1, -0.05) is 37.3 Å². The Bertz CT molecular complexity index is 513. The first-order chi connectivity index (χ1) is 9.01. The van der Waals surface area contributed by atoms with Crippen molar-refractivity contribution < 1.29 is 23.0 Å². The summed E-state index contributed by atoms with van der Waals surface area (Å²) >= 11 is 0. The summed E-state index contributed by atoms with van der Waals surface area (Å²) in [5, 5.41) is 9.15. The number of benzene rings is 1. The van der Waals surface area contributed by atoms with Gasteiger partial charge < -0.3 is 14.6 Å². The first-order valence-electron chi connectivity index (χ1n) is 6.20. The van der Waals surface area contributed by atoms with Crippen LogP contribution in [0.3, 0.4) is 0 Å². The van der Waals surface area contributed by atoms with E-state index in [1.165, 1.54) is 0 Å². The highest BCUT2D eigenvalue weighted by Crippen LogP contribution is 2.35. The molecule has 0 saturated carbocycles. The van der Waals surface area contributed by atoms with Crippen molar-refractivity contribution in [2.24, 2.45) is 0 Å². The standard InChI is InChI=1S/C13H18O5S/c1-2-19(15,16)10-13(11-6-4-3-5-7-11)17-9-12(8-14)18-13/h3-7,12,14H,2,8-10H2,1H3/t12-,13-/m0/s1. The van der Waals surface area contributed by atoms with Crippen molar-refractivity contribution in [1.82, 2.24) is 0 Å². The summed E-state index contributed by atoms with van der Waals surface area (Å²) in [6, 6.07) is 8.98. The molecule has 0 aromatic heterocycles. The maximum atomic E-state index is 11.9. The predicted molar refractivity (Wildman–Crippen MR) is 70.4 cm³/mol. The molecule has 0 amide bonds. The van der Waals surface area contributed by atoms with Gasteiger partial charge in [-0.3, -0.25) is 0 Å². The molecule has 2 rings (SSSR count). The van der Waals surface area contributed by atoms with Crippen LogP contribution in [0.4, 0.5) is 0 Å². The largest absolute Gasteiger partial charge is 0.394 e. The highest BCUT2D eigenvalue weighted by molar-refractivity contribution is 7.91. The van der Waals surface area contributed by atoms with Crippen LogP contribution in [0.15, 0.2) is 30.3 Å². The monoisotopic (exact) mass is 286 g/mol. The predicted octanol–water partition coefficient (Wildman–Crippen LogP) is 0.682. The van der Waals surface area contributed by atoms with Gasteiger partial charge >= 0.3 is 0 Å². The Hall–Kier alpha value is -0.950. The van der Waals surface area contributed by atoms with Crippen molar-refractivity contribution in [3.63, 3.8) is 0 Å². The summed E-state index contributed by atoms with van der Waals surface area (Å²) in [4.78, 5) is 0. The topological polar surface area (TPSA) is 72.8 Å². The molecule has 5 nitrogen and oxygen atoms in total. The molecule has 1 fully saturated rings. The molecule has 6 heteroatoms. The molecule has 1 aromatic rings. The number of aliphatic hydroxyl groups excluding tert-OH is 1. The maximum Gasteiger partial charge on any atom is 0.209 e. The summed E-state index contributed by atoms with van der Waals surface area (Å²) in [6.07, 6.45) is -0.493. The van der Waals surface area contributed by atoms with Crippen LogP contribution in [0.2, 0.25) is 0 Å². The molecule has 1 aromatic carbocycles. The summed E-state index contributed by atoms with van der Waals surface area (Å²) in [5.74, 6) is -1.52. The molecule has 0 aliphatic carbocycles. The molecule has 1 saturated heterocycles. The molecule has 106 valence electrons. The van der Waals surface area contributed by atoms with Crippen LogP contribution in [0.1, 0.15) is 12.5 Å². The molecular formula is C13H18O5S. The lowest BCUT2D eigenvalue weighted by Crippen LogP contribution is -2.37. The second-order valence-electron chi connectivity index (χ2n) is 4.53. The summed E-state index contributed by atoms with van der Waals surface area (Å²) < 4.78 is 35.1. The van der Waals surface area contributed by atoms with Gasteiger partial charge in [0.25, 0.3) is 0 Å². The van der Waals surface area contributed by atoms with Gasteiger partial charge in [0.15, 0.2) is 9.84 Å². The summed E-state index contributed by atoms with van der Waals surface area (Å²) in [6.45, 7) is 1.58. The Balaban J connectivity index is 2.35. The first kappa shape index (κ1) is 14.5. The van der Waals surface area contributed by atoms with Gasteiger partial charge in [-0.25, -0.2) is 8.42 Å². The first-order valence-corrected chi connectivity index (χ1v) is 8.02. The average molecular weight is 286 g/mol. The van der Waals surface area contributed by atoms with Crippen LogP contribution in [0.5, 0.6) is 0 Å². The summed E-state index contributed by atoms with van der Waals surface area (Å²) in [5.41, 5.74) is 0.656. The molecule has 1 aliphatic rings. The molecular weight excluding hydrogens is 268 g/mol. The fourth-order valence-corrected chi connectivity index (χ4v) is 3.15. The van der Waals surface area contributed by atoms with Gasteiger partial charge in [0.1, 0.15) is 11.9 Å². The lowest BCUT2D eigenvalue weighted by molar-refractivity contribution is -0.162. The number of rotatable bonds is 5. The van der Waals surface area contributed by atoms with Gasteiger partial charge in [0, 0.05) is 11.3 Å². The normalized spacial score (nSPS) is 27.6. The third-order valence-corrected chi connectivity index (χ3v) is 4.83. The third-order valence-electron chi connectivity index (χ3n) is 3.13. The van der Waals surface area contributed by atoms with E-state index in [1.807, 2.05) is 6.07 Å². The zero-order chi connectivity index (χ0) is 13.9. The van der Waals surface area contributed by atoms with E-state index in [4.69, 9.17) is 14.6 Å². The molecule has 0 bridgehead atoms. The fourth-order valence-electron chi connectivity index (χ4n) is 2.05. The molecule has 19 heavy (non-hydrogen) atoms. The number of sulfone groups is 1. The van der Waals surface area contributed by atoms with Crippen molar-refractivity contribution >= 4 is 9.84 Å². The average Bonchev–Trinajstić information content (AvgIpc) is 2.84. The maximum absolute atomic E-state index is 11.9. The lowest BCUT2D eigenvalue weighted by atomic mass is 10.1. The quantitative estimate of drug-likeness (QED) is 0.862. The minimum atomic E-state index is -3.27. The SMILES string of the molecule is CCS(=O)(=O)C[C@]1(c2ccccc2)OC[C@H](CO)O1. The number of hydrogen-bond acceptors (Lipinski definition) is 5. The van der Waals surface area contributed by atoms with E-state index in [2.05, 4.69) is 0 Å². The molecule has 1 aliphatic heterocycles. The Morgan fingerprint density at radius 2 is 2.05 bits per heavy atom. The van der Waals surface area contributed by atoms with Crippen molar-refractivity contribution in [2.75, 3.05) is 24.7 Å². The Labute approximate surface area is 113 Å². The minimum Gasteiger partial charge on any atom is -0.394 e. The second-order valence-corrected chi connectivity index (χ2v) is 6.88. The molecule has 2 atom stereocenters. The van der Waals surface area contributed by atoms with Crippen LogP contribution < -0.4 is 0 Å². The van der Waals surface area contributed by atoms with E-state index in [9.17, 15) is 8.42 Å². The van der Waals surface area contributed by atoms with Crippen molar-refractivity contribution in [3.8, 4) is 0 Å². The lowest BCUT2D eigenvalue weighted by Gasteiger charge is -2.28. The number of aliphatic hydroxyl groups is 1. The van der Waals surface area contributed by atoms with Crippen molar-refractivity contribution in [2.45, 2.75) is 18.8 Å². The summed E-state index contributed by atoms with van der Waals surface area (Å²) in [7, 11) is -3.27. The van der Waals surface area contributed by atoms with E-state index in [1.54, 1.807) is 31.2 Å². The van der Waals surface area contributed by atoms with E-state index < -0.39 is 21.7 Å². The van der Waals surface area contributed by atoms with Crippen molar-refractivity contribution in [1.29, 1.82) is 0 Å².